The van der Waals surface area contributed by atoms with Gasteiger partial charge in [0.05, 0.1) is 6.61 Å². The molecule has 0 aliphatic heterocycles. The fourth-order valence-electron chi connectivity index (χ4n) is 3.59. The van der Waals surface area contributed by atoms with Gasteiger partial charge >= 0.3 is 0 Å². The van der Waals surface area contributed by atoms with Gasteiger partial charge in [-0.1, -0.05) is 12.8 Å². The quantitative estimate of drug-likeness (QED) is 0.797. The number of aliphatic hydroxyl groups excluding tert-OH is 1. The molecule has 19 heavy (non-hydrogen) atoms. The molecule has 4 nitrogen and oxygen atoms in total. The molecule has 1 amide bonds. The van der Waals surface area contributed by atoms with Crippen LogP contribution in [0.1, 0.15) is 57.8 Å². The third-order valence-corrected chi connectivity index (χ3v) is 4.78. The van der Waals surface area contributed by atoms with E-state index in [2.05, 4.69) is 0 Å². The molecule has 2 saturated carbocycles. The Kier molecular flexibility index (Phi) is 5.64. The second-order valence-corrected chi connectivity index (χ2v) is 6.23. The highest BCUT2D eigenvalue weighted by atomic mass is 16.3. The lowest BCUT2D eigenvalue weighted by Crippen LogP contribution is -2.42. The Labute approximate surface area is 116 Å². The average molecular weight is 268 g/mol. The van der Waals surface area contributed by atoms with E-state index in [4.69, 9.17) is 5.73 Å². The lowest BCUT2D eigenvalue weighted by atomic mass is 9.84. The molecular weight excluding hydrogens is 240 g/mol. The molecule has 110 valence electrons. The first-order valence-electron chi connectivity index (χ1n) is 7.86. The summed E-state index contributed by atoms with van der Waals surface area (Å²) in [5.74, 6) is 0.760. The van der Waals surface area contributed by atoms with Crippen molar-refractivity contribution in [2.24, 2.45) is 11.7 Å². The van der Waals surface area contributed by atoms with Crippen molar-refractivity contribution in [3.05, 3.63) is 0 Å². The van der Waals surface area contributed by atoms with Crippen molar-refractivity contribution in [1.82, 2.24) is 4.90 Å². The number of amides is 1. The predicted molar refractivity (Wildman–Crippen MR) is 75.6 cm³/mol. The normalized spacial score (nSPS) is 28.5. The van der Waals surface area contributed by atoms with E-state index in [1.54, 1.807) is 0 Å². The maximum atomic E-state index is 12.5. The maximum Gasteiger partial charge on any atom is 0.223 e. The van der Waals surface area contributed by atoms with Crippen LogP contribution in [-0.4, -0.2) is 41.1 Å². The molecule has 2 fully saturated rings. The number of carbonyl (C=O) groups excluding carboxylic acids is 1. The summed E-state index contributed by atoms with van der Waals surface area (Å²) in [4.78, 5) is 14.4. The number of rotatable bonds is 5. The van der Waals surface area contributed by atoms with E-state index in [1.807, 2.05) is 4.90 Å². The van der Waals surface area contributed by atoms with E-state index < -0.39 is 0 Å². The monoisotopic (exact) mass is 268 g/mol. The number of nitrogens with two attached hydrogens (primary N) is 1. The number of carbonyl (C=O) groups is 1. The lowest BCUT2D eigenvalue weighted by molar-refractivity contribution is -0.135. The molecule has 0 atom stereocenters. The van der Waals surface area contributed by atoms with Crippen LogP contribution in [0.25, 0.3) is 0 Å². The molecule has 2 aliphatic rings. The van der Waals surface area contributed by atoms with Crippen molar-refractivity contribution >= 4 is 5.91 Å². The van der Waals surface area contributed by atoms with Crippen molar-refractivity contribution in [3.8, 4) is 0 Å². The van der Waals surface area contributed by atoms with Gasteiger partial charge < -0.3 is 15.7 Å². The third-order valence-electron chi connectivity index (χ3n) is 4.78. The van der Waals surface area contributed by atoms with Gasteiger partial charge in [-0.3, -0.25) is 4.79 Å². The standard InChI is InChI=1S/C15H28N2O2/c16-13-7-5-12(6-8-13)11-15(19)17(9-10-18)14-3-1-2-4-14/h12-14,18H,1-11,16H2. The third kappa shape index (κ3) is 4.18. The van der Waals surface area contributed by atoms with Crippen LogP contribution in [0.15, 0.2) is 0 Å². The Hall–Kier alpha value is -0.610. The Bertz CT molecular complexity index is 282. The van der Waals surface area contributed by atoms with Crippen LogP contribution in [-0.2, 0) is 4.79 Å². The van der Waals surface area contributed by atoms with E-state index in [0.29, 0.717) is 31.0 Å². The van der Waals surface area contributed by atoms with E-state index in [-0.39, 0.29) is 12.5 Å². The Morgan fingerprint density at radius 3 is 2.32 bits per heavy atom. The molecule has 2 aliphatic carbocycles. The van der Waals surface area contributed by atoms with Gasteiger partial charge in [-0.15, -0.1) is 0 Å². The Balaban J connectivity index is 1.84. The molecule has 0 aromatic carbocycles. The largest absolute Gasteiger partial charge is 0.395 e. The first-order valence-corrected chi connectivity index (χ1v) is 7.86. The van der Waals surface area contributed by atoms with E-state index in [0.717, 1.165) is 38.5 Å². The first kappa shape index (κ1) is 14.8. The van der Waals surface area contributed by atoms with E-state index in [1.165, 1.54) is 12.8 Å². The van der Waals surface area contributed by atoms with E-state index >= 15 is 0 Å². The molecule has 0 radical (unpaired) electrons. The minimum atomic E-state index is 0.0811. The maximum absolute atomic E-state index is 12.5. The van der Waals surface area contributed by atoms with Crippen LogP contribution in [0, 0.1) is 5.92 Å². The fraction of sp³-hybridized carbons (Fsp3) is 0.933. The van der Waals surface area contributed by atoms with Crippen molar-refractivity contribution in [2.75, 3.05) is 13.2 Å². The molecule has 0 unspecified atom stereocenters. The van der Waals surface area contributed by atoms with Gasteiger partial charge in [-0.25, -0.2) is 0 Å². The number of nitrogens with zero attached hydrogens (tertiary/aromatic N) is 1. The zero-order valence-corrected chi connectivity index (χ0v) is 11.9. The van der Waals surface area contributed by atoms with Crippen molar-refractivity contribution in [3.63, 3.8) is 0 Å². The smallest absolute Gasteiger partial charge is 0.223 e. The van der Waals surface area contributed by atoms with Gasteiger partial charge in [-0.2, -0.15) is 0 Å². The molecule has 4 heteroatoms. The highest BCUT2D eigenvalue weighted by molar-refractivity contribution is 5.76. The summed E-state index contributed by atoms with van der Waals surface area (Å²) in [6, 6.07) is 0.722. The van der Waals surface area contributed by atoms with Gasteiger partial charge in [0.1, 0.15) is 0 Å². The van der Waals surface area contributed by atoms with Crippen LogP contribution in [0.4, 0.5) is 0 Å². The number of hydrogen-bond acceptors (Lipinski definition) is 3. The van der Waals surface area contributed by atoms with Crippen LogP contribution >= 0.6 is 0 Å². The van der Waals surface area contributed by atoms with Crippen LogP contribution in [0.2, 0.25) is 0 Å². The second-order valence-electron chi connectivity index (χ2n) is 6.23. The van der Waals surface area contributed by atoms with Gasteiger partial charge in [0.2, 0.25) is 5.91 Å². The molecule has 0 aromatic heterocycles. The van der Waals surface area contributed by atoms with Crippen molar-refractivity contribution in [2.45, 2.75) is 69.9 Å². The van der Waals surface area contributed by atoms with Gasteiger partial charge in [0, 0.05) is 25.0 Å². The van der Waals surface area contributed by atoms with Gasteiger partial charge in [0.25, 0.3) is 0 Å². The number of aliphatic hydroxyl groups is 1. The summed E-state index contributed by atoms with van der Waals surface area (Å²) >= 11 is 0. The van der Waals surface area contributed by atoms with Crippen LogP contribution in [0.3, 0.4) is 0 Å². The fourth-order valence-corrected chi connectivity index (χ4v) is 3.59. The minimum Gasteiger partial charge on any atom is -0.395 e. The zero-order valence-electron chi connectivity index (χ0n) is 11.9. The molecule has 0 aromatic rings. The molecule has 2 rings (SSSR count). The summed E-state index contributed by atoms with van der Waals surface area (Å²) in [6.07, 6.45) is 9.61. The molecule has 3 N–H and O–H groups in total. The molecule has 0 saturated heterocycles. The van der Waals surface area contributed by atoms with Gasteiger partial charge in [-0.05, 0) is 44.4 Å². The van der Waals surface area contributed by atoms with Crippen molar-refractivity contribution in [1.29, 1.82) is 0 Å². The Morgan fingerprint density at radius 2 is 1.74 bits per heavy atom. The lowest BCUT2D eigenvalue weighted by Gasteiger charge is -2.32. The predicted octanol–water partition coefficient (Wildman–Crippen LogP) is 1.66. The molecule has 0 bridgehead atoms. The first-order chi connectivity index (χ1) is 9.20. The van der Waals surface area contributed by atoms with Crippen molar-refractivity contribution < 1.29 is 9.90 Å². The summed E-state index contributed by atoms with van der Waals surface area (Å²) in [5.41, 5.74) is 5.91. The summed E-state index contributed by atoms with van der Waals surface area (Å²) < 4.78 is 0. The minimum absolute atomic E-state index is 0.0811. The summed E-state index contributed by atoms with van der Waals surface area (Å²) in [5, 5.41) is 9.18. The second kappa shape index (κ2) is 7.25. The summed E-state index contributed by atoms with van der Waals surface area (Å²) in [7, 11) is 0. The van der Waals surface area contributed by atoms with E-state index in [9.17, 15) is 9.90 Å². The topological polar surface area (TPSA) is 66.6 Å². The highest BCUT2D eigenvalue weighted by Crippen LogP contribution is 2.29. The van der Waals surface area contributed by atoms with Crippen LogP contribution < -0.4 is 5.73 Å². The molecular formula is C15H28N2O2. The molecule has 0 spiro atoms. The van der Waals surface area contributed by atoms with Crippen LogP contribution in [0.5, 0.6) is 0 Å². The average Bonchev–Trinajstić information content (AvgIpc) is 2.92. The zero-order chi connectivity index (χ0) is 13.7. The SMILES string of the molecule is NC1CCC(CC(=O)N(CCO)C2CCCC2)CC1. The summed E-state index contributed by atoms with van der Waals surface area (Å²) in [6.45, 7) is 0.591. The Morgan fingerprint density at radius 1 is 1.11 bits per heavy atom. The van der Waals surface area contributed by atoms with Gasteiger partial charge in [0.15, 0.2) is 0 Å². The number of hydrogen-bond donors (Lipinski definition) is 2. The highest BCUT2D eigenvalue weighted by Gasteiger charge is 2.28. The molecule has 0 heterocycles.